The Hall–Kier alpha value is -2.52. The van der Waals surface area contributed by atoms with Gasteiger partial charge in [0.15, 0.2) is 0 Å². The summed E-state index contributed by atoms with van der Waals surface area (Å²) < 4.78 is 10.9. The number of nitrogens with zero attached hydrogens (tertiary/aromatic N) is 5. The second-order valence-electron chi connectivity index (χ2n) is 6.73. The molecule has 4 rings (SSSR count). The lowest BCUT2D eigenvalue weighted by Gasteiger charge is -2.28. The van der Waals surface area contributed by atoms with Gasteiger partial charge in [0.05, 0.1) is 19.3 Å². The third-order valence-corrected chi connectivity index (χ3v) is 4.79. The van der Waals surface area contributed by atoms with E-state index in [0.717, 1.165) is 57.0 Å². The van der Waals surface area contributed by atoms with Crippen LogP contribution in [0.2, 0.25) is 0 Å². The fourth-order valence-corrected chi connectivity index (χ4v) is 3.29. The highest BCUT2D eigenvalue weighted by Crippen LogP contribution is 2.21. The second kappa shape index (κ2) is 8.45. The third-order valence-electron chi connectivity index (χ3n) is 4.79. The highest BCUT2D eigenvalue weighted by Gasteiger charge is 2.17. The molecule has 0 aliphatic carbocycles. The maximum Gasteiger partial charge on any atom is 0.243 e. The van der Waals surface area contributed by atoms with Crippen molar-refractivity contribution in [2.45, 2.75) is 25.5 Å². The van der Waals surface area contributed by atoms with Crippen LogP contribution in [0.4, 0.5) is 5.69 Å². The first-order valence-electron chi connectivity index (χ1n) is 9.37. The average Bonchev–Trinajstić information content (AvgIpc) is 3.39. The molecule has 0 spiro atoms. The lowest BCUT2D eigenvalue weighted by atomic mass is 10.2. The van der Waals surface area contributed by atoms with Gasteiger partial charge in [-0.05, 0) is 42.3 Å². The van der Waals surface area contributed by atoms with Crippen LogP contribution in [0, 0.1) is 0 Å². The highest BCUT2D eigenvalue weighted by molar-refractivity contribution is 5.75. The summed E-state index contributed by atoms with van der Waals surface area (Å²) in [6, 6.07) is 8.05. The summed E-state index contributed by atoms with van der Waals surface area (Å²) in [5.41, 5.74) is 2.03. The molecule has 9 nitrogen and oxygen atoms in total. The van der Waals surface area contributed by atoms with Gasteiger partial charge in [0.2, 0.25) is 11.7 Å². The Morgan fingerprint density at radius 1 is 1.19 bits per heavy atom. The highest BCUT2D eigenvalue weighted by atomic mass is 16.5. The monoisotopic (exact) mass is 372 g/mol. The molecular weight excluding hydrogens is 348 g/mol. The number of anilines is 1. The molecule has 1 amide bonds. The number of aromatic nitrogens is 4. The molecule has 0 bridgehead atoms. The Morgan fingerprint density at radius 2 is 2.00 bits per heavy atom. The van der Waals surface area contributed by atoms with Gasteiger partial charge in [-0.2, -0.15) is 4.80 Å². The number of nitrogens with one attached hydrogen (secondary N) is 1. The Kier molecular flexibility index (Phi) is 5.59. The van der Waals surface area contributed by atoms with Crippen molar-refractivity contribution in [1.29, 1.82) is 0 Å². The molecule has 9 heteroatoms. The predicted octanol–water partition coefficient (Wildman–Crippen LogP) is 0.472. The van der Waals surface area contributed by atoms with Crippen molar-refractivity contribution in [3.63, 3.8) is 0 Å². The maximum absolute atomic E-state index is 12.0. The van der Waals surface area contributed by atoms with Crippen LogP contribution < -0.4 is 10.2 Å². The molecule has 2 aliphatic heterocycles. The third kappa shape index (κ3) is 4.61. The Labute approximate surface area is 157 Å². The first-order chi connectivity index (χ1) is 13.3. The van der Waals surface area contributed by atoms with E-state index >= 15 is 0 Å². The molecular formula is C18H24N6O3. The number of rotatable bonds is 6. The van der Waals surface area contributed by atoms with Gasteiger partial charge in [0.1, 0.15) is 6.54 Å². The number of carbonyl (C=O) groups excluding carboxylic acids is 1. The van der Waals surface area contributed by atoms with Gasteiger partial charge in [0.25, 0.3) is 0 Å². The minimum absolute atomic E-state index is 0.0472. The molecule has 0 saturated carbocycles. The fourth-order valence-electron chi connectivity index (χ4n) is 3.29. The van der Waals surface area contributed by atoms with Crippen molar-refractivity contribution in [2.24, 2.45) is 0 Å². The lowest BCUT2D eigenvalue weighted by molar-refractivity contribution is -0.122. The predicted molar refractivity (Wildman–Crippen MR) is 98.3 cm³/mol. The number of benzene rings is 1. The van der Waals surface area contributed by atoms with Crippen LogP contribution in [-0.2, 0) is 20.8 Å². The van der Waals surface area contributed by atoms with Crippen molar-refractivity contribution in [3.8, 4) is 11.4 Å². The zero-order chi connectivity index (χ0) is 18.5. The quantitative estimate of drug-likeness (QED) is 0.788. The minimum Gasteiger partial charge on any atom is -0.378 e. The number of tetrazole rings is 1. The SMILES string of the molecule is O=C(Cn1nnc(-c2ccc(N3CCOCC3)cc2)n1)NC[C@@H]1CCCO1. The molecule has 1 N–H and O–H groups in total. The maximum atomic E-state index is 12.0. The van der Waals surface area contributed by atoms with Crippen LogP contribution >= 0.6 is 0 Å². The summed E-state index contributed by atoms with van der Waals surface area (Å²) >= 11 is 0. The van der Waals surface area contributed by atoms with Gasteiger partial charge < -0.3 is 19.7 Å². The van der Waals surface area contributed by atoms with Crippen LogP contribution in [-0.4, -0.2) is 71.7 Å². The van der Waals surface area contributed by atoms with E-state index < -0.39 is 0 Å². The molecule has 2 saturated heterocycles. The van der Waals surface area contributed by atoms with E-state index in [0.29, 0.717) is 12.4 Å². The largest absolute Gasteiger partial charge is 0.378 e. The number of morpholine rings is 1. The smallest absolute Gasteiger partial charge is 0.243 e. The molecule has 1 aromatic carbocycles. The molecule has 1 aromatic heterocycles. The molecule has 0 unspecified atom stereocenters. The molecule has 27 heavy (non-hydrogen) atoms. The molecule has 0 radical (unpaired) electrons. The molecule has 1 atom stereocenters. The summed E-state index contributed by atoms with van der Waals surface area (Å²) in [4.78, 5) is 15.6. The van der Waals surface area contributed by atoms with E-state index in [1.807, 2.05) is 12.1 Å². The van der Waals surface area contributed by atoms with Crippen molar-refractivity contribution in [3.05, 3.63) is 24.3 Å². The van der Waals surface area contributed by atoms with Crippen molar-refractivity contribution < 1.29 is 14.3 Å². The van der Waals surface area contributed by atoms with E-state index in [1.165, 1.54) is 4.80 Å². The zero-order valence-electron chi connectivity index (χ0n) is 15.2. The average molecular weight is 372 g/mol. The zero-order valence-corrected chi connectivity index (χ0v) is 15.2. The van der Waals surface area contributed by atoms with Crippen LogP contribution in [0.25, 0.3) is 11.4 Å². The number of hydrogen-bond acceptors (Lipinski definition) is 7. The van der Waals surface area contributed by atoms with Crippen LogP contribution in [0.5, 0.6) is 0 Å². The summed E-state index contributed by atoms with van der Waals surface area (Å²) in [6.07, 6.45) is 2.17. The first-order valence-corrected chi connectivity index (χ1v) is 9.37. The van der Waals surface area contributed by atoms with Crippen LogP contribution in [0.3, 0.4) is 0 Å². The minimum atomic E-state index is -0.142. The first kappa shape index (κ1) is 17.9. The molecule has 3 heterocycles. The Bertz CT molecular complexity index is 751. The Morgan fingerprint density at radius 3 is 2.74 bits per heavy atom. The van der Waals surface area contributed by atoms with Crippen molar-refractivity contribution >= 4 is 11.6 Å². The fraction of sp³-hybridized carbons (Fsp3) is 0.556. The van der Waals surface area contributed by atoms with Gasteiger partial charge in [0, 0.05) is 37.5 Å². The Balaban J connectivity index is 1.32. The van der Waals surface area contributed by atoms with Crippen LogP contribution in [0.1, 0.15) is 12.8 Å². The van der Waals surface area contributed by atoms with E-state index in [2.05, 4.69) is 37.8 Å². The van der Waals surface area contributed by atoms with Crippen molar-refractivity contribution in [2.75, 3.05) is 44.4 Å². The van der Waals surface area contributed by atoms with E-state index in [-0.39, 0.29) is 18.6 Å². The molecule has 2 fully saturated rings. The van der Waals surface area contributed by atoms with Gasteiger partial charge in [-0.25, -0.2) is 0 Å². The number of carbonyl (C=O) groups is 1. The van der Waals surface area contributed by atoms with Gasteiger partial charge >= 0.3 is 0 Å². The number of hydrogen-bond donors (Lipinski definition) is 1. The van der Waals surface area contributed by atoms with Gasteiger partial charge in [-0.15, -0.1) is 10.2 Å². The summed E-state index contributed by atoms with van der Waals surface area (Å²) in [6.45, 7) is 4.66. The van der Waals surface area contributed by atoms with Gasteiger partial charge in [-0.3, -0.25) is 4.79 Å². The van der Waals surface area contributed by atoms with Crippen LogP contribution in [0.15, 0.2) is 24.3 Å². The standard InChI is InChI=1S/C18H24N6O3/c25-17(19-12-16-2-1-9-27-16)13-24-21-18(20-22-24)14-3-5-15(6-4-14)23-7-10-26-11-8-23/h3-6,16H,1-2,7-13H2,(H,19,25)/t16-/m0/s1. The normalized spacial score (nSPS) is 20.0. The molecule has 144 valence electrons. The summed E-state index contributed by atoms with van der Waals surface area (Å²) in [7, 11) is 0. The van der Waals surface area contributed by atoms with E-state index in [9.17, 15) is 4.79 Å². The second-order valence-corrected chi connectivity index (χ2v) is 6.73. The summed E-state index contributed by atoms with van der Waals surface area (Å²) in [5, 5.41) is 15.2. The lowest BCUT2D eigenvalue weighted by Crippen LogP contribution is -2.36. The van der Waals surface area contributed by atoms with Crippen molar-refractivity contribution in [1.82, 2.24) is 25.5 Å². The summed E-state index contributed by atoms with van der Waals surface area (Å²) in [5.74, 6) is 0.368. The van der Waals surface area contributed by atoms with E-state index in [4.69, 9.17) is 9.47 Å². The molecule has 2 aliphatic rings. The number of amides is 1. The van der Waals surface area contributed by atoms with E-state index in [1.54, 1.807) is 0 Å². The molecule has 2 aromatic rings. The van der Waals surface area contributed by atoms with Gasteiger partial charge in [-0.1, -0.05) is 0 Å². The number of ether oxygens (including phenoxy) is 2. The topological polar surface area (TPSA) is 94.4 Å².